The van der Waals surface area contributed by atoms with Gasteiger partial charge in [0.05, 0.1) is 10.6 Å². The molecule has 2 unspecified atom stereocenters. The lowest BCUT2D eigenvalue weighted by Crippen LogP contribution is -2.01. The molecule has 2 N–H and O–H groups in total. The van der Waals surface area contributed by atoms with Gasteiger partial charge in [-0.05, 0) is 37.3 Å². The number of aromatic nitrogens is 2. The highest BCUT2D eigenvalue weighted by Crippen LogP contribution is 2.48. The van der Waals surface area contributed by atoms with Crippen LogP contribution in [0, 0.1) is 12.8 Å². The van der Waals surface area contributed by atoms with Crippen LogP contribution in [0.4, 0.5) is 0 Å². The average molecular weight is 169 g/mol. The summed E-state index contributed by atoms with van der Waals surface area (Å²) in [5.41, 5.74) is 6.64. The highest BCUT2D eigenvalue weighted by atomic mass is 32.1. The van der Waals surface area contributed by atoms with Crippen molar-refractivity contribution in [2.45, 2.75) is 19.3 Å². The topological polar surface area (TPSA) is 51.8 Å². The highest BCUT2D eigenvalue weighted by molar-refractivity contribution is 7.05. The van der Waals surface area contributed by atoms with Gasteiger partial charge in [-0.3, -0.25) is 0 Å². The SMILES string of the molecule is Cc1nnsc1C1CC1CN. The van der Waals surface area contributed by atoms with Gasteiger partial charge in [0.2, 0.25) is 0 Å². The molecule has 0 amide bonds. The Balaban J connectivity index is 2.14. The Morgan fingerprint density at radius 1 is 1.73 bits per heavy atom. The van der Waals surface area contributed by atoms with Crippen molar-refractivity contribution in [2.24, 2.45) is 11.7 Å². The second kappa shape index (κ2) is 2.53. The molecule has 0 aliphatic heterocycles. The van der Waals surface area contributed by atoms with Crippen LogP contribution in [0.1, 0.15) is 22.9 Å². The van der Waals surface area contributed by atoms with E-state index in [1.165, 1.54) is 22.8 Å². The molecule has 60 valence electrons. The summed E-state index contributed by atoms with van der Waals surface area (Å²) < 4.78 is 3.90. The van der Waals surface area contributed by atoms with E-state index in [2.05, 4.69) is 9.59 Å². The minimum atomic E-state index is 0.681. The van der Waals surface area contributed by atoms with Crippen molar-refractivity contribution in [1.29, 1.82) is 0 Å². The predicted octanol–water partition coefficient (Wildman–Crippen LogP) is 0.909. The number of hydrogen-bond acceptors (Lipinski definition) is 4. The predicted molar refractivity (Wildman–Crippen MR) is 44.5 cm³/mol. The number of nitrogens with two attached hydrogens (primary N) is 1. The zero-order valence-electron chi connectivity index (χ0n) is 6.45. The second-order valence-corrected chi connectivity index (χ2v) is 3.85. The summed E-state index contributed by atoms with van der Waals surface area (Å²) in [6, 6.07) is 0. The van der Waals surface area contributed by atoms with Crippen molar-refractivity contribution in [2.75, 3.05) is 6.54 Å². The molecule has 2 rings (SSSR count). The van der Waals surface area contributed by atoms with Crippen LogP contribution in [0.25, 0.3) is 0 Å². The number of rotatable bonds is 2. The van der Waals surface area contributed by atoms with E-state index in [4.69, 9.17) is 5.73 Å². The van der Waals surface area contributed by atoms with Gasteiger partial charge >= 0.3 is 0 Å². The Bertz CT molecular complexity index is 258. The molecule has 4 heteroatoms. The molecule has 0 bridgehead atoms. The monoisotopic (exact) mass is 169 g/mol. The molecule has 1 aliphatic rings. The first-order valence-corrected chi connectivity index (χ1v) is 4.59. The lowest BCUT2D eigenvalue weighted by atomic mass is 10.2. The first-order valence-electron chi connectivity index (χ1n) is 3.82. The van der Waals surface area contributed by atoms with Gasteiger partial charge in [-0.2, -0.15) is 0 Å². The molecule has 0 aromatic carbocycles. The van der Waals surface area contributed by atoms with E-state index in [-0.39, 0.29) is 0 Å². The molecule has 2 atom stereocenters. The molecule has 0 saturated heterocycles. The van der Waals surface area contributed by atoms with Crippen molar-refractivity contribution in [3.63, 3.8) is 0 Å². The number of hydrogen-bond donors (Lipinski definition) is 1. The van der Waals surface area contributed by atoms with Crippen molar-refractivity contribution < 1.29 is 0 Å². The highest BCUT2D eigenvalue weighted by Gasteiger charge is 2.39. The summed E-state index contributed by atoms with van der Waals surface area (Å²) >= 11 is 1.52. The average Bonchev–Trinajstić information content (AvgIpc) is 2.68. The van der Waals surface area contributed by atoms with E-state index in [1.807, 2.05) is 6.92 Å². The lowest BCUT2D eigenvalue weighted by Gasteiger charge is -1.91. The largest absolute Gasteiger partial charge is 0.330 e. The van der Waals surface area contributed by atoms with Crippen molar-refractivity contribution in [1.82, 2.24) is 9.59 Å². The summed E-state index contributed by atoms with van der Waals surface area (Å²) in [6.07, 6.45) is 1.24. The Kier molecular flexibility index (Phi) is 1.65. The minimum absolute atomic E-state index is 0.681. The van der Waals surface area contributed by atoms with Crippen molar-refractivity contribution in [3.8, 4) is 0 Å². The third-order valence-electron chi connectivity index (χ3n) is 2.25. The molecule has 1 aromatic rings. The van der Waals surface area contributed by atoms with Gasteiger partial charge < -0.3 is 5.73 Å². The Morgan fingerprint density at radius 2 is 2.55 bits per heavy atom. The lowest BCUT2D eigenvalue weighted by molar-refractivity contribution is 0.811. The fourth-order valence-corrected chi connectivity index (χ4v) is 2.25. The summed E-state index contributed by atoms with van der Waals surface area (Å²) in [5.74, 6) is 1.39. The molecule has 0 spiro atoms. The molecule has 1 aliphatic carbocycles. The smallest absolute Gasteiger partial charge is 0.0759 e. The van der Waals surface area contributed by atoms with Crippen LogP contribution in [0.2, 0.25) is 0 Å². The zero-order chi connectivity index (χ0) is 7.84. The molecule has 3 nitrogen and oxygen atoms in total. The van der Waals surface area contributed by atoms with Crippen LogP contribution >= 0.6 is 11.5 Å². The van der Waals surface area contributed by atoms with E-state index in [0.717, 1.165) is 12.2 Å². The normalized spacial score (nSPS) is 28.9. The zero-order valence-corrected chi connectivity index (χ0v) is 7.27. The van der Waals surface area contributed by atoms with Gasteiger partial charge in [-0.25, -0.2) is 0 Å². The van der Waals surface area contributed by atoms with Crippen LogP contribution in [0.15, 0.2) is 0 Å². The van der Waals surface area contributed by atoms with Gasteiger partial charge in [0.25, 0.3) is 0 Å². The number of nitrogens with zero attached hydrogens (tertiary/aromatic N) is 2. The molecule has 0 radical (unpaired) electrons. The minimum Gasteiger partial charge on any atom is -0.330 e. The summed E-state index contributed by atoms with van der Waals surface area (Å²) in [5, 5.41) is 3.97. The summed E-state index contributed by atoms with van der Waals surface area (Å²) in [6.45, 7) is 2.83. The fourth-order valence-electron chi connectivity index (χ4n) is 1.41. The van der Waals surface area contributed by atoms with E-state index in [9.17, 15) is 0 Å². The van der Waals surface area contributed by atoms with Crippen molar-refractivity contribution in [3.05, 3.63) is 10.6 Å². The van der Waals surface area contributed by atoms with E-state index in [1.54, 1.807) is 0 Å². The summed E-state index contributed by atoms with van der Waals surface area (Å²) in [7, 11) is 0. The van der Waals surface area contributed by atoms with Crippen LogP contribution in [-0.2, 0) is 0 Å². The van der Waals surface area contributed by atoms with Gasteiger partial charge in [0.15, 0.2) is 0 Å². The summed E-state index contributed by atoms with van der Waals surface area (Å²) in [4.78, 5) is 1.35. The van der Waals surface area contributed by atoms with Gasteiger partial charge in [-0.15, -0.1) is 5.10 Å². The van der Waals surface area contributed by atoms with Crippen molar-refractivity contribution >= 4 is 11.5 Å². The molecule has 1 saturated carbocycles. The Morgan fingerprint density at radius 3 is 3.00 bits per heavy atom. The third kappa shape index (κ3) is 1.16. The Labute approximate surface area is 69.8 Å². The first kappa shape index (κ1) is 7.18. The van der Waals surface area contributed by atoms with E-state index >= 15 is 0 Å². The molecule has 1 aromatic heterocycles. The maximum Gasteiger partial charge on any atom is 0.0759 e. The quantitative estimate of drug-likeness (QED) is 0.716. The standard InChI is InChI=1S/C7H11N3S/c1-4-7(11-10-9-4)6-2-5(6)3-8/h5-6H,2-3,8H2,1H3. The fraction of sp³-hybridized carbons (Fsp3) is 0.714. The van der Waals surface area contributed by atoms with Crippen LogP contribution in [0.3, 0.4) is 0 Å². The maximum atomic E-state index is 5.54. The van der Waals surface area contributed by atoms with Crippen LogP contribution in [0.5, 0.6) is 0 Å². The maximum absolute atomic E-state index is 5.54. The molecular formula is C7H11N3S. The van der Waals surface area contributed by atoms with Gasteiger partial charge in [-0.1, -0.05) is 4.49 Å². The number of aryl methyl sites for hydroxylation is 1. The van der Waals surface area contributed by atoms with Crippen LogP contribution in [-0.4, -0.2) is 16.1 Å². The molecule has 11 heavy (non-hydrogen) atoms. The first-order chi connectivity index (χ1) is 5.33. The van der Waals surface area contributed by atoms with Crippen LogP contribution < -0.4 is 5.73 Å². The van der Waals surface area contributed by atoms with E-state index in [0.29, 0.717) is 11.8 Å². The molecule has 1 heterocycles. The second-order valence-electron chi connectivity index (χ2n) is 3.06. The van der Waals surface area contributed by atoms with Gasteiger partial charge in [0.1, 0.15) is 0 Å². The van der Waals surface area contributed by atoms with Gasteiger partial charge in [0, 0.05) is 5.92 Å². The van der Waals surface area contributed by atoms with E-state index < -0.39 is 0 Å². The third-order valence-corrected chi connectivity index (χ3v) is 3.21. The molecule has 1 fully saturated rings. The molecular weight excluding hydrogens is 158 g/mol. The Hall–Kier alpha value is -0.480.